The lowest BCUT2D eigenvalue weighted by molar-refractivity contribution is 0.0113. The summed E-state index contributed by atoms with van der Waals surface area (Å²) in [7, 11) is 4.02. The van der Waals surface area contributed by atoms with Crippen LogP contribution in [0.4, 0.5) is 0 Å². The first-order valence-corrected chi connectivity index (χ1v) is 6.83. The van der Waals surface area contributed by atoms with E-state index in [1.165, 1.54) is 12.8 Å². The van der Waals surface area contributed by atoms with Gasteiger partial charge in [-0.3, -0.25) is 4.90 Å². The molecule has 2 rings (SSSR count). The summed E-state index contributed by atoms with van der Waals surface area (Å²) in [5.41, 5.74) is 0. The minimum Gasteiger partial charge on any atom is -0.383 e. The molecule has 0 spiro atoms. The molecule has 2 aliphatic rings. The molecule has 1 heterocycles. The van der Waals surface area contributed by atoms with Crippen LogP contribution < -0.4 is 5.32 Å². The molecule has 100 valence electrons. The van der Waals surface area contributed by atoms with Crippen LogP contribution in [0.15, 0.2) is 0 Å². The van der Waals surface area contributed by atoms with Gasteiger partial charge in [0, 0.05) is 45.0 Å². The van der Waals surface area contributed by atoms with Gasteiger partial charge in [-0.15, -0.1) is 0 Å². The molecule has 1 unspecified atom stereocenters. The van der Waals surface area contributed by atoms with E-state index in [4.69, 9.17) is 9.47 Å². The second kappa shape index (κ2) is 6.69. The largest absolute Gasteiger partial charge is 0.383 e. The second-order valence-corrected chi connectivity index (χ2v) is 5.30. The van der Waals surface area contributed by atoms with Crippen molar-refractivity contribution in [2.75, 3.05) is 40.5 Å². The molecule has 0 aromatic heterocycles. The Balaban J connectivity index is 1.78. The Hall–Kier alpha value is -0.160. The number of nitrogens with one attached hydrogen (secondary N) is 1. The predicted octanol–water partition coefficient (Wildman–Crippen LogP) is 0.864. The molecule has 0 aromatic rings. The van der Waals surface area contributed by atoms with Crippen LogP contribution in [0.25, 0.3) is 0 Å². The highest BCUT2D eigenvalue weighted by atomic mass is 16.5. The quantitative estimate of drug-likeness (QED) is 0.718. The van der Waals surface area contributed by atoms with E-state index in [0.717, 1.165) is 45.2 Å². The molecule has 4 heteroatoms. The van der Waals surface area contributed by atoms with E-state index in [0.29, 0.717) is 12.1 Å². The van der Waals surface area contributed by atoms with Crippen molar-refractivity contribution in [2.45, 2.75) is 43.8 Å². The monoisotopic (exact) mass is 242 g/mol. The van der Waals surface area contributed by atoms with Crippen LogP contribution in [-0.2, 0) is 9.47 Å². The van der Waals surface area contributed by atoms with Gasteiger partial charge in [0.2, 0.25) is 0 Å². The van der Waals surface area contributed by atoms with Crippen LogP contribution in [0.3, 0.4) is 0 Å². The van der Waals surface area contributed by atoms with Crippen LogP contribution in [0.1, 0.15) is 25.7 Å². The Bertz CT molecular complexity index is 215. The average molecular weight is 242 g/mol. The lowest BCUT2D eigenvalue weighted by Gasteiger charge is -2.37. The van der Waals surface area contributed by atoms with Crippen molar-refractivity contribution in [3.05, 3.63) is 0 Å². The van der Waals surface area contributed by atoms with Gasteiger partial charge in [-0.2, -0.15) is 0 Å². The van der Waals surface area contributed by atoms with Crippen molar-refractivity contribution in [3.8, 4) is 0 Å². The number of rotatable bonds is 7. The van der Waals surface area contributed by atoms with E-state index < -0.39 is 0 Å². The van der Waals surface area contributed by atoms with E-state index in [1.807, 2.05) is 0 Å². The number of nitrogens with zero attached hydrogens (tertiary/aromatic N) is 1. The summed E-state index contributed by atoms with van der Waals surface area (Å²) in [6, 6.07) is 1.92. The van der Waals surface area contributed by atoms with Gasteiger partial charge in [-0.25, -0.2) is 0 Å². The first-order chi connectivity index (χ1) is 8.31. The van der Waals surface area contributed by atoms with E-state index in [2.05, 4.69) is 17.3 Å². The third kappa shape index (κ3) is 4.21. The summed E-state index contributed by atoms with van der Waals surface area (Å²) in [6.45, 7) is 3.68. The molecule has 4 nitrogen and oxygen atoms in total. The first kappa shape index (κ1) is 13.3. The summed E-state index contributed by atoms with van der Waals surface area (Å²) in [4.78, 5) is 2.49. The maximum Gasteiger partial charge on any atom is 0.0630 e. The average Bonchev–Trinajstić information content (AvgIpc) is 3.19. The highest BCUT2D eigenvalue weighted by molar-refractivity contribution is 4.85. The molecule has 17 heavy (non-hydrogen) atoms. The minimum atomic E-state index is 0.490. The second-order valence-electron chi connectivity index (χ2n) is 5.30. The van der Waals surface area contributed by atoms with Crippen LogP contribution in [0, 0.1) is 0 Å². The van der Waals surface area contributed by atoms with Gasteiger partial charge in [0.1, 0.15) is 0 Å². The van der Waals surface area contributed by atoms with Crippen molar-refractivity contribution in [1.29, 1.82) is 0 Å². The van der Waals surface area contributed by atoms with Crippen molar-refractivity contribution >= 4 is 0 Å². The number of hydrogen-bond donors (Lipinski definition) is 1. The van der Waals surface area contributed by atoms with Gasteiger partial charge in [-0.05, 0) is 32.7 Å². The highest BCUT2D eigenvalue weighted by Gasteiger charge is 2.27. The normalized spacial score (nSPS) is 24.2. The van der Waals surface area contributed by atoms with Crippen LogP contribution in [0.5, 0.6) is 0 Å². The van der Waals surface area contributed by atoms with Crippen LogP contribution in [0.2, 0.25) is 0 Å². The van der Waals surface area contributed by atoms with Crippen molar-refractivity contribution in [2.24, 2.45) is 0 Å². The molecule has 1 saturated heterocycles. The zero-order valence-electron chi connectivity index (χ0n) is 11.2. The summed E-state index contributed by atoms with van der Waals surface area (Å²) < 4.78 is 10.8. The van der Waals surface area contributed by atoms with Gasteiger partial charge in [-0.1, -0.05) is 0 Å². The van der Waals surface area contributed by atoms with E-state index in [9.17, 15) is 0 Å². The maximum atomic E-state index is 5.42. The summed E-state index contributed by atoms with van der Waals surface area (Å²) >= 11 is 0. The zero-order chi connectivity index (χ0) is 12.1. The number of hydrogen-bond acceptors (Lipinski definition) is 4. The molecule has 2 fully saturated rings. The highest BCUT2D eigenvalue weighted by Crippen LogP contribution is 2.20. The molecule has 1 aliphatic carbocycles. The SMILES string of the molecule is COCC(CNC1CC1)N(C)C1CCOCC1. The third-order valence-electron chi connectivity index (χ3n) is 3.92. The predicted molar refractivity (Wildman–Crippen MR) is 68.3 cm³/mol. The molecule has 0 aromatic carbocycles. The molecule has 0 amide bonds. The number of ether oxygens (including phenoxy) is 2. The van der Waals surface area contributed by atoms with Gasteiger partial charge in [0.15, 0.2) is 0 Å². The lowest BCUT2D eigenvalue weighted by atomic mass is 10.1. The molecule has 1 saturated carbocycles. The Kier molecular flexibility index (Phi) is 5.22. The summed E-state index contributed by atoms with van der Waals surface area (Å²) in [5.74, 6) is 0. The molecular weight excluding hydrogens is 216 g/mol. The van der Waals surface area contributed by atoms with Crippen molar-refractivity contribution < 1.29 is 9.47 Å². The van der Waals surface area contributed by atoms with Gasteiger partial charge in [0.05, 0.1) is 6.61 Å². The molecule has 1 atom stereocenters. The summed E-state index contributed by atoms with van der Waals surface area (Å²) in [6.07, 6.45) is 5.00. The van der Waals surface area contributed by atoms with E-state index in [1.54, 1.807) is 7.11 Å². The molecular formula is C13H26N2O2. The standard InChI is InChI=1S/C13H26N2O2/c1-15(12-5-7-17-8-6-12)13(10-16-2)9-14-11-3-4-11/h11-14H,3-10H2,1-2H3. The smallest absolute Gasteiger partial charge is 0.0630 e. The Morgan fingerprint density at radius 1 is 1.29 bits per heavy atom. The third-order valence-corrected chi connectivity index (χ3v) is 3.92. The van der Waals surface area contributed by atoms with Crippen molar-refractivity contribution in [1.82, 2.24) is 10.2 Å². The minimum absolute atomic E-state index is 0.490. The molecule has 0 radical (unpaired) electrons. The van der Waals surface area contributed by atoms with Gasteiger partial charge >= 0.3 is 0 Å². The van der Waals surface area contributed by atoms with Crippen LogP contribution >= 0.6 is 0 Å². The Morgan fingerprint density at radius 3 is 2.59 bits per heavy atom. The first-order valence-electron chi connectivity index (χ1n) is 6.83. The Morgan fingerprint density at radius 2 is 2.00 bits per heavy atom. The number of likely N-dealkylation sites (N-methyl/N-ethyl adjacent to an activating group) is 1. The molecule has 1 N–H and O–H groups in total. The Labute approximate surface area is 105 Å². The lowest BCUT2D eigenvalue weighted by Crippen LogP contribution is -2.49. The van der Waals surface area contributed by atoms with Crippen LogP contribution in [-0.4, -0.2) is 63.5 Å². The fourth-order valence-electron chi connectivity index (χ4n) is 2.49. The fourth-order valence-corrected chi connectivity index (χ4v) is 2.49. The van der Waals surface area contributed by atoms with E-state index in [-0.39, 0.29) is 0 Å². The molecule has 0 bridgehead atoms. The van der Waals surface area contributed by atoms with Gasteiger partial charge in [0.25, 0.3) is 0 Å². The zero-order valence-corrected chi connectivity index (χ0v) is 11.2. The summed E-state index contributed by atoms with van der Waals surface area (Å²) in [5, 5.41) is 3.61. The molecule has 1 aliphatic heterocycles. The maximum absolute atomic E-state index is 5.42. The van der Waals surface area contributed by atoms with Crippen molar-refractivity contribution in [3.63, 3.8) is 0 Å². The van der Waals surface area contributed by atoms with E-state index >= 15 is 0 Å². The topological polar surface area (TPSA) is 33.7 Å². The fraction of sp³-hybridized carbons (Fsp3) is 1.00. The van der Waals surface area contributed by atoms with Gasteiger partial charge < -0.3 is 14.8 Å². The number of methoxy groups -OCH3 is 1.